The Kier molecular flexibility index (Phi) is 2.50. The van der Waals surface area contributed by atoms with Crippen molar-refractivity contribution >= 4 is 12.0 Å². The van der Waals surface area contributed by atoms with E-state index in [9.17, 15) is 4.79 Å². The van der Waals surface area contributed by atoms with Crippen molar-refractivity contribution in [3.05, 3.63) is 0 Å². The topological polar surface area (TPSA) is 84.2 Å². The van der Waals surface area contributed by atoms with Crippen LogP contribution in [0.2, 0.25) is 0 Å². The monoisotopic (exact) mass is 131 g/mol. The number of rotatable bonds is 0. The van der Waals surface area contributed by atoms with Crippen LogP contribution in [0.15, 0.2) is 0 Å². The molecule has 0 heterocycles. The van der Waals surface area contributed by atoms with Gasteiger partial charge in [0.1, 0.15) is 0 Å². The molecule has 0 atom stereocenters. The van der Waals surface area contributed by atoms with Crippen LogP contribution in [-0.2, 0) is 0 Å². The quantitative estimate of drug-likeness (QED) is 0.207. The van der Waals surface area contributed by atoms with Gasteiger partial charge in [-0.05, 0) is 0 Å². The van der Waals surface area contributed by atoms with Crippen molar-refractivity contribution in [2.45, 2.75) is 0 Å². The van der Waals surface area contributed by atoms with Crippen LogP contribution in [0.3, 0.4) is 0 Å². The van der Waals surface area contributed by atoms with Gasteiger partial charge in [0.2, 0.25) is 0 Å². The van der Waals surface area contributed by atoms with Crippen LogP contribution in [0, 0.1) is 0 Å². The molecular weight excluding hydrogens is 120 g/mol. The number of carbonyl (C=O) groups excluding carboxylic acids is 1. The van der Waals surface area contributed by atoms with Gasteiger partial charge in [-0.3, -0.25) is 10.3 Å². The molecule has 5 N–H and O–H groups in total. The minimum Gasteiger partial charge on any atom is -0.338 e. The van der Waals surface area contributed by atoms with Crippen molar-refractivity contribution < 1.29 is 9.37 Å². The van der Waals surface area contributed by atoms with E-state index in [1.165, 1.54) is 0 Å². The van der Waals surface area contributed by atoms with E-state index in [1.54, 1.807) is 18.7 Å². The number of carbonyl (C=O) groups is 1. The lowest BCUT2D eigenvalue weighted by atomic mass is 10.8. The second-order valence-electron chi connectivity index (χ2n) is 1.77. The van der Waals surface area contributed by atoms with Gasteiger partial charge in [-0.1, -0.05) is 0 Å². The number of amides is 2. The Hall–Kier alpha value is -1.26. The van der Waals surface area contributed by atoms with Crippen molar-refractivity contribution in [3.8, 4) is 0 Å². The summed E-state index contributed by atoms with van der Waals surface area (Å²) in [5.74, 6) is 0.238. The lowest BCUT2D eigenvalue weighted by Gasteiger charge is -1.95. The molecule has 0 aromatic rings. The molecule has 2 amide bonds. The third-order valence-corrected chi connectivity index (χ3v) is 0.733. The standard InChI is InChI=1S/C4H10N4O/c1-8(2)3(5)7-4(6)9/h1-2H3,(H4,5,6,7,9)/p+1. The molecule has 0 aliphatic rings. The Balaban J connectivity index is 3.92. The highest BCUT2D eigenvalue weighted by atomic mass is 16.2. The minimum absolute atomic E-state index is 0.238. The molecule has 0 unspecified atom stereocenters. The Morgan fingerprint density at radius 2 is 1.89 bits per heavy atom. The number of guanidine groups is 1. The molecule has 5 heteroatoms. The van der Waals surface area contributed by atoms with Crippen LogP contribution < -0.4 is 16.8 Å². The third kappa shape index (κ3) is 3.33. The SMILES string of the molecule is C[N+](C)=C(N)NC(N)=O. The Labute approximate surface area is 53.3 Å². The maximum atomic E-state index is 10.1. The number of urea groups is 1. The number of primary amides is 1. The highest BCUT2D eigenvalue weighted by molar-refractivity contribution is 5.91. The predicted molar refractivity (Wildman–Crippen MR) is 34.0 cm³/mol. The predicted octanol–water partition coefficient (Wildman–Crippen LogP) is -1.76. The number of hydrogen-bond donors (Lipinski definition) is 3. The van der Waals surface area contributed by atoms with Gasteiger partial charge in [0.05, 0.1) is 14.1 Å². The van der Waals surface area contributed by atoms with Crippen LogP contribution in [0.1, 0.15) is 0 Å². The normalized spacial score (nSPS) is 8.22. The summed E-state index contributed by atoms with van der Waals surface area (Å²) < 4.78 is 1.55. The van der Waals surface area contributed by atoms with Crippen molar-refractivity contribution in [1.29, 1.82) is 0 Å². The van der Waals surface area contributed by atoms with E-state index in [0.717, 1.165) is 0 Å². The molecule has 0 aromatic heterocycles. The smallest absolute Gasteiger partial charge is 0.338 e. The molecule has 0 fully saturated rings. The van der Waals surface area contributed by atoms with E-state index in [4.69, 9.17) is 11.5 Å². The zero-order valence-electron chi connectivity index (χ0n) is 5.51. The fraction of sp³-hybridized carbons (Fsp3) is 0.500. The summed E-state index contributed by atoms with van der Waals surface area (Å²) in [6.07, 6.45) is 0. The summed E-state index contributed by atoms with van der Waals surface area (Å²) in [5, 5.41) is 2.20. The Bertz CT molecular complexity index is 147. The van der Waals surface area contributed by atoms with E-state index in [1.807, 2.05) is 0 Å². The first kappa shape index (κ1) is 7.74. The fourth-order valence-electron chi connectivity index (χ4n) is 0.238. The first-order chi connectivity index (χ1) is 4.04. The molecule has 0 rings (SSSR count). The van der Waals surface area contributed by atoms with Gasteiger partial charge < -0.3 is 5.73 Å². The van der Waals surface area contributed by atoms with Crippen molar-refractivity contribution in [2.24, 2.45) is 11.5 Å². The molecule has 52 valence electrons. The van der Waals surface area contributed by atoms with E-state index >= 15 is 0 Å². The Morgan fingerprint density at radius 3 is 2.00 bits per heavy atom. The fourth-order valence-corrected chi connectivity index (χ4v) is 0.238. The van der Waals surface area contributed by atoms with Gasteiger partial charge in [0.15, 0.2) is 0 Å². The summed E-state index contributed by atoms with van der Waals surface area (Å²) in [5.41, 5.74) is 10.0. The lowest BCUT2D eigenvalue weighted by Crippen LogP contribution is -2.44. The molecule has 5 nitrogen and oxygen atoms in total. The van der Waals surface area contributed by atoms with Crippen molar-refractivity contribution in [2.75, 3.05) is 14.1 Å². The van der Waals surface area contributed by atoms with Gasteiger partial charge in [0.25, 0.3) is 0 Å². The summed E-state index contributed by atoms with van der Waals surface area (Å²) in [6.45, 7) is 0. The summed E-state index contributed by atoms with van der Waals surface area (Å²) >= 11 is 0. The van der Waals surface area contributed by atoms with E-state index in [2.05, 4.69) is 5.32 Å². The van der Waals surface area contributed by atoms with Gasteiger partial charge >= 0.3 is 12.0 Å². The van der Waals surface area contributed by atoms with E-state index in [0.29, 0.717) is 0 Å². The zero-order valence-corrected chi connectivity index (χ0v) is 5.51. The molecule has 0 aliphatic heterocycles. The average Bonchev–Trinajstić information content (AvgIpc) is 1.63. The summed E-state index contributed by atoms with van der Waals surface area (Å²) in [6, 6.07) is -0.652. The van der Waals surface area contributed by atoms with E-state index in [-0.39, 0.29) is 5.96 Å². The van der Waals surface area contributed by atoms with E-state index < -0.39 is 6.03 Å². The van der Waals surface area contributed by atoms with Gasteiger partial charge in [-0.2, -0.15) is 5.32 Å². The number of hydrogen-bond acceptors (Lipinski definition) is 1. The first-order valence-electron chi connectivity index (χ1n) is 2.40. The summed E-state index contributed by atoms with van der Waals surface area (Å²) in [7, 11) is 3.40. The van der Waals surface area contributed by atoms with Gasteiger partial charge in [-0.15, -0.1) is 0 Å². The molecule has 0 bridgehead atoms. The average molecular weight is 131 g/mol. The third-order valence-electron chi connectivity index (χ3n) is 0.733. The maximum absolute atomic E-state index is 10.1. The van der Waals surface area contributed by atoms with Gasteiger partial charge in [0, 0.05) is 0 Å². The largest absolute Gasteiger partial charge is 0.377 e. The highest BCUT2D eigenvalue weighted by Crippen LogP contribution is 1.56. The van der Waals surface area contributed by atoms with Crippen molar-refractivity contribution in [1.82, 2.24) is 5.32 Å². The molecule has 0 saturated carbocycles. The maximum Gasteiger partial charge on any atom is 0.377 e. The first-order valence-corrected chi connectivity index (χ1v) is 2.40. The molecular formula is C4H11N4O+. The molecule has 0 spiro atoms. The minimum atomic E-state index is -0.652. The molecule has 9 heavy (non-hydrogen) atoms. The number of nitrogens with zero attached hydrogens (tertiary/aromatic N) is 1. The zero-order chi connectivity index (χ0) is 7.44. The van der Waals surface area contributed by atoms with Crippen LogP contribution in [0.5, 0.6) is 0 Å². The second kappa shape index (κ2) is 2.91. The molecule has 0 saturated heterocycles. The summed E-state index contributed by atoms with van der Waals surface area (Å²) in [4.78, 5) is 10.1. The van der Waals surface area contributed by atoms with Gasteiger partial charge in [-0.25, -0.2) is 4.79 Å². The van der Waals surface area contributed by atoms with Crippen LogP contribution in [0.4, 0.5) is 4.79 Å². The number of nitrogens with one attached hydrogen (secondary N) is 1. The van der Waals surface area contributed by atoms with Crippen LogP contribution >= 0.6 is 0 Å². The lowest BCUT2D eigenvalue weighted by molar-refractivity contribution is -0.467. The highest BCUT2D eigenvalue weighted by Gasteiger charge is 2.02. The number of nitrogens with two attached hydrogens (primary N) is 2. The molecule has 0 radical (unpaired) electrons. The van der Waals surface area contributed by atoms with Crippen LogP contribution in [0.25, 0.3) is 0 Å². The van der Waals surface area contributed by atoms with Crippen LogP contribution in [-0.4, -0.2) is 30.7 Å². The molecule has 0 aromatic carbocycles. The molecule has 0 aliphatic carbocycles. The second-order valence-corrected chi connectivity index (χ2v) is 1.77. The van der Waals surface area contributed by atoms with Crippen molar-refractivity contribution in [3.63, 3.8) is 0 Å². The Morgan fingerprint density at radius 1 is 1.44 bits per heavy atom.